The number of anilines is 2. The number of amides is 2. The van der Waals surface area contributed by atoms with E-state index in [0.717, 1.165) is 32.2 Å². The van der Waals surface area contributed by atoms with Gasteiger partial charge in [-0.2, -0.15) is 0 Å². The second-order valence-corrected chi connectivity index (χ2v) is 10.5. The Morgan fingerprint density at radius 3 is 2.51 bits per heavy atom. The molecule has 0 saturated carbocycles. The molecule has 5 rings (SSSR count). The van der Waals surface area contributed by atoms with Crippen molar-refractivity contribution < 1.29 is 19.1 Å². The molecular formula is C26H25Cl2FN8O4. The summed E-state index contributed by atoms with van der Waals surface area (Å²) in [5, 5.41) is 12.3. The summed E-state index contributed by atoms with van der Waals surface area (Å²) in [6.45, 7) is 2.96. The van der Waals surface area contributed by atoms with Gasteiger partial charge in [0.05, 0.1) is 34.2 Å². The van der Waals surface area contributed by atoms with Crippen LogP contribution in [0.3, 0.4) is 0 Å². The zero-order valence-corrected chi connectivity index (χ0v) is 23.5. The molecule has 214 valence electrons. The highest BCUT2D eigenvalue weighted by Crippen LogP contribution is 2.39. The lowest BCUT2D eigenvalue weighted by molar-refractivity contribution is -0.116. The summed E-state index contributed by atoms with van der Waals surface area (Å²) in [7, 11) is 3.50. The highest BCUT2D eigenvalue weighted by molar-refractivity contribution is 6.34. The van der Waals surface area contributed by atoms with Crippen molar-refractivity contribution in [2.75, 3.05) is 43.4 Å². The molecule has 3 aromatic heterocycles. The van der Waals surface area contributed by atoms with Gasteiger partial charge in [-0.15, -0.1) is 0 Å². The van der Waals surface area contributed by atoms with Crippen LogP contribution in [-0.2, 0) is 18.4 Å². The Morgan fingerprint density at radius 1 is 1.12 bits per heavy atom. The lowest BCUT2D eigenvalue weighted by atomic mass is 10.0. The van der Waals surface area contributed by atoms with Crippen LogP contribution in [0.4, 0.5) is 15.9 Å². The molecule has 12 nitrogen and oxygen atoms in total. The van der Waals surface area contributed by atoms with E-state index in [1.54, 1.807) is 6.07 Å². The number of piperazine rings is 1. The van der Waals surface area contributed by atoms with Crippen molar-refractivity contribution in [2.45, 2.75) is 6.54 Å². The molecule has 1 aliphatic rings. The minimum atomic E-state index is -1.08. The molecule has 0 bridgehead atoms. The first-order valence-corrected chi connectivity index (χ1v) is 13.2. The standard InChI is InChI=1S/C26H25Cl2FN8O4/c1-34-3-5-36(6-4-34)18-8-17(16(27)9-31-18)33-19(38)11-37-10-15(20-25(37)32-12-35(2)26(20)41)13-7-14(24(30)40)23(39)21(28)22(13)29/h7-10,12,39H,3-6,11H2,1-2H3,(H2,30,40)(H,31,33,38). The molecule has 1 fully saturated rings. The number of pyridine rings is 1. The van der Waals surface area contributed by atoms with Crippen molar-refractivity contribution >= 4 is 57.6 Å². The quantitative estimate of drug-likeness (QED) is 0.304. The van der Waals surface area contributed by atoms with Crippen molar-refractivity contribution in [1.29, 1.82) is 0 Å². The Kier molecular flexibility index (Phi) is 7.60. The zero-order chi connectivity index (χ0) is 29.6. The van der Waals surface area contributed by atoms with E-state index in [1.807, 2.05) is 7.05 Å². The van der Waals surface area contributed by atoms with E-state index in [1.165, 1.54) is 34.9 Å². The smallest absolute Gasteiger partial charge is 0.263 e. The summed E-state index contributed by atoms with van der Waals surface area (Å²) in [6.07, 6.45) is 4.08. The summed E-state index contributed by atoms with van der Waals surface area (Å²) in [4.78, 5) is 51.1. The van der Waals surface area contributed by atoms with E-state index in [2.05, 4.69) is 25.1 Å². The van der Waals surface area contributed by atoms with Gasteiger partial charge in [-0.25, -0.2) is 14.4 Å². The van der Waals surface area contributed by atoms with Gasteiger partial charge in [0, 0.05) is 56.6 Å². The zero-order valence-electron chi connectivity index (χ0n) is 22.0. The van der Waals surface area contributed by atoms with Crippen LogP contribution < -0.4 is 21.5 Å². The van der Waals surface area contributed by atoms with Gasteiger partial charge in [0.2, 0.25) is 5.91 Å². The molecule has 15 heteroatoms. The molecule has 0 aliphatic carbocycles. The average molecular weight is 603 g/mol. The van der Waals surface area contributed by atoms with Gasteiger partial charge in [-0.1, -0.05) is 23.2 Å². The molecule has 4 heterocycles. The predicted octanol–water partition coefficient (Wildman–Crippen LogP) is 2.44. The molecule has 0 unspecified atom stereocenters. The van der Waals surface area contributed by atoms with Crippen LogP contribution in [0, 0.1) is 5.82 Å². The molecule has 1 aliphatic heterocycles. The summed E-state index contributed by atoms with van der Waals surface area (Å²) in [6, 6.07) is 2.69. The fraction of sp³-hybridized carbons (Fsp3) is 0.269. The van der Waals surface area contributed by atoms with E-state index >= 15 is 4.39 Å². The molecule has 0 atom stereocenters. The molecule has 4 aromatic rings. The minimum Gasteiger partial charge on any atom is -0.505 e. The van der Waals surface area contributed by atoms with Crippen molar-refractivity contribution in [3.05, 3.63) is 62.6 Å². The third-order valence-corrected chi connectivity index (χ3v) is 7.58. The van der Waals surface area contributed by atoms with E-state index < -0.39 is 39.5 Å². The minimum absolute atomic E-state index is 0.00250. The van der Waals surface area contributed by atoms with Crippen molar-refractivity contribution in [3.63, 3.8) is 0 Å². The van der Waals surface area contributed by atoms with Gasteiger partial charge in [-0.3, -0.25) is 14.4 Å². The van der Waals surface area contributed by atoms with Gasteiger partial charge in [-0.05, 0) is 13.1 Å². The number of nitrogens with two attached hydrogens (primary N) is 1. The number of carbonyl (C=O) groups is 2. The molecule has 1 aromatic carbocycles. The number of carbonyl (C=O) groups excluding carboxylic acids is 2. The van der Waals surface area contributed by atoms with Crippen LogP contribution in [0.5, 0.6) is 5.75 Å². The predicted molar refractivity (Wildman–Crippen MR) is 153 cm³/mol. The number of nitrogens with zero attached hydrogens (tertiary/aromatic N) is 6. The molecule has 4 N–H and O–H groups in total. The fourth-order valence-corrected chi connectivity index (χ4v) is 5.02. The van der Waals surface area contributed by atoms with Gasteiger partial charge >= 0.3 is 0 Å². The Bertz CT molecular complexity index is 1760. The summed E-state index contributed by atoms with van der Waals surface area (Å²) in [5.41, 5.74) is 4.52. The van der Waals surface area contributed by atoms with Crippen LogP contribution >= 0.6 is 23.2 Å². The van der Waals surface area contributed by atoms with E-state index in [9.17, 15) is 19.5 Å². The Morgan fingerprint density at radius 2 is 1.83 bits per heavy atom. The van der Waals surface area contributed by atoms with Crippen LogP contribution in [0.2, 0.25) is 10.0 Å². The summed E-state index contributed by atoms with van der Waals surface area (Å²) >= 11 is 12.3. The highest BCUT2D eigenvalue weighted by atomic mass is 35.5. The van der Waals surface area contributed by atoms with Crippen LogP contribution in [0.25, 0.3) is 22.2 Å². The van der Waals surface area contributed by atoms with Crippen LogP contribution in [0.1, 0.15) is 10.4 Å². The third kappa shape index (κ3) is 5.31. The lowest BCUT2D eigenvalue weighted by Gasteiger charge is -2.33. The number of nitrogens with one attached hydrogen (secondary N) is 1. The second-order valence-electron chi connectivity index (χ2n) is 9.70. The van der Waals surface area contributed by atoms with E-state index in [-0.39, 0.29) is 33.7 Å². The number of aromatic hydroxyl groups is 1. The maximum Gasteiger partial charge on any atom is 0.263 e. The number of halogens is 3. The molecule has 41 heavy (non-hydrogen) atoms. The van der Waals surface area contributed by atoms with Crippen molar-refractivity contribution in [3.8, 4) is 16.9 Å². The molecule has 0 radical (unpaired) electrons. The van der Waals surface area contributed by atoms with Crippen molar-refractivity contribution in [1.82, 2.24) is 24.0 Å². The number of phenols is 1. The average Bonchev–Trinajstić information content (AvgIpc) is 3.29. The SMILES string of the molecule is CN1CCN(c2cc(NC(=O)Cn3cc(-c4cc(C(N)=O)c(O)c(Cl)c4F)c4c(=O)n(C)cnc43)c(Cl)cn2)CC1. The highest BCUT2D eigenvalue weighted by Gasteiger charge is 2.25. The number of hydrogen-bond donors (Lipinski definition) is 3. The number of aryl methyl sites for hydroxylation is 1. The number of hydrogen-bond acceptors (Lipinski definition) is 8. The van der Waals surface area contributed by atoms with Gasteiger partial charge in [0.1, 0.15) is 28.8 Å². The number of primary amides is 1. The molecule has 0 spiro atoms. The monoisotopic (exact) mass is 602 g/mol. The first kappa shape index (κ1) is 28.3. The van der Waals surface area contributed by atoms with Gasteiger partial charge < -0.3 is 35.1 Å². The Labute approximate surface area is 242 Å². The van der Waals surface area contributed by atoms with E-state index in [4.69, 9.17) is 28.9 Å². The molecule has 2 amide bonds. The maximum atomic E-state index is 15.3. The normalized spacial score (nSPS) is 14.0. The largest absolute Gasteiger partial charge is 0.505 e. The van der Waals surface area contributed by atoms with Crippen molar-refractivity contribution in [2.24, 2.45) is 12.8 Å². The van der Waals surface area contributed by atoms with Crippen LogP contribution in [0.15, 0.2) is 35.6 Å². The topological polar surface area (TPSA) is 152 Å². The number of aromatic nitrogens is 4. The Balaban J connectivity index is 1.51. The maximum absolute atomic E-state index is 15.3. The number of likely N-dealkylation sites (N-methyl/N-ethyl adjacent to an activating group) is 1. The second kappa shape index (κ2) is 11.0. The van der Waals surface area contributed by atoms with Gasteiger partial charge in [0.25, 0.3) is 11.5 Å². The fourth-order valence-electron chi connectivity index (χ4n) is 4.67. The Hall–Kier alpha value is -4.20. The molecular weight excluding hydrogens is 578 g/mol. The van der Waals surface area contributed by atoms with E-state index in [0.29, 0.717) is 11.5 Å². The van der Waals surface area contributed by atoms with Gasteiger partial charge in [0.15, 0.2) is 5.82 Å². The summed E-state index contributed by atoms with van der Waals surface area (Å²) in [5.74, 6) is -2.79. The first-order chi connectivity index (χ1) is 19.5. The lowest BCUT2D eigenvalue weighted by Crippen LogP contribution is -2.44. The number of benzene rings is 1. The first-order valence-electron chi connectivity index (χ1n) is 12.4. The number of rotatable bonds is 6. The number of fused-ring (bicyclic) bond motifs is 1. The third-order valence-electron chi connectivity index (χ3n) is 6.93. The molecule has 1 saturated heterocycles. The summed E-state index contributed by atoms with van der Waals surface area (Å²) < 4.78 is 17.8. The van der Waals surface area contributed by atoms with Crippen LogP contribution in [-0.4, -0.2) is 74.1 Å².